The molecular weight excluding hydrogens is 371 g/mol. The Morgan fingerprint density at radius 2 is 1.72 bits per heavy atom. The molecule has 0 aliphatic carbocycles. The van der Waals surface area contributed by atoms with Crippen LogP contribution in [0.5, 0.6) is 0 Å². The molecule has 3 aromatic carbocycles. The van der Waals surface area contributed by atoms with Crippen molar-refractivity contribution in [2.45, 2.75) is 0 Å². The van der Waals surface area contributed by atoms with E-state index in [1.165, 1.54) is 28.8 Å². The third kappa shape index (κ3) is 3.68. The molecule has 4 aromatic rings. The lowest BCUT2D eigenvalue weighted by atomic mass is 10.1. The molecule has 0 saturated carbocycles. The number of nitrogens with zero attached hydrogens (tertiary/aromatic N) is 2. The molecule has 0 amide bonds. The number of hydrogen-bond acceptors (Lipinski definition) is 3. The van der Waals surface area contributed by atoms with Crippen molar-refractivity contribution >= 4 is 29.0 Å². The third-order valence-electron chi connectivity index (χ3n) is 4.45. The van der Waals surface area contributed by atoms with Gasteiger partial charge in [0, 0.05) is 0 Å². The van der Waals surface area contributed by atoms with E-state index in [1.807, 2.05) is 0 Å². The summed E-state index contributed by atoms with van der Waals surface area (Å²) in [7, 11) is 0. The van der Waals surface area contributed by atoms with Gasteiger partial charge in [-0.3, -0.25) is 9.36 Å². The maximum atomic E-state index is 13.2. The number of rotatable bonds is 4. The summed E-state index contributed by atoms with van der Waals surface area (Å²) in [6.07, 6.45) is 3.36. The summed E-state index contributed by atoms with van der Waals surface area (Å²) in [5.41, 5.74) is 1.42. The summed E-state index contributed by atoms with van der Waals surface area (Å²) < 4.78 is 14.5. The number of aromatic nitrogens is 2. The van der Waals surface area contributed by atoms with E-state index in [9.17, 15) is 19.1 Å². The van der Waals surface area contributed by atoms with Gasteiger partial charge in [0.1, 0.15) is 11.6 Å². The fraction of sp³-hybridized carbons (Fsp3) is 0. The molecule has 1 heterocycles. The van der Waals surface area contributed by atoms with Gasteiger partial charge in [-0.2, -0.15) is 0 Å². The lowest BCUT2D eigenvalue weighted by Gasteiger charge is -2.12. The Balaban J connectivity index is 1.94. The number of hydrogen-bond donors (Lipinski definition) is 1. The van der Waals surface area contributed by atoms with Crippen LogP contribution in [-0.4, -0.2) is 20.6 Å². The quantitative estimate of drug-likeness (QED) is 0.565. The summed E-state index contributed by atoms with van der Waals surface area (Å²) in [4.78, 5) is 29.1. The topological polar surface area (TPSA) is 72.2 Å². The highest BCUT2D eigenvalue weighted by atomic mass is 19.1. The number of aromatic carboxylic acids is 1. The largest absolute Gasteiger partial charge is 0.478 e. The number of para-hydroxylation sites is 1. The number of halogens is 1. The van der Waals surface area contributed by atoms with Crippen molar-refractivity contribution in [2.75, 3.05) is 0 Å². The van der Waals surface area contributed by atoms with Gasteiger partial charge in [0.15, 0.2) is 0 Å². The Morgan fingerprint density at radius 1 is 0.966 bits per heavy atom. The molecule has 4 rings (SSSR count). The summed E-state index contributed by atoms with van der Waals surface area (Å²) >= 11 is 0. The van der Waals surface area contributed by atoms with E-state index in [1.54, 1.807) is 60.7 Å². The fourth-order valence-corrected chi connectivity index (χ4v) is 3.03. The Bertz CT molecular complexity index is 1310. The Morgan fingerprint density at radius 3 is 2.48 bits per heavy atom. The summed E-state index contributed by atoms with van der Waals surface area (Å²) in [6.45, 7) is 0. The van der Waals surface area contributed by atoms with Crippen LogP contribution < -0.4 is 5.56 Å². The van der Waals surface area contributed by atoms with Gasteiger partial charge in [0.2, 0.25) is 0 Å². The molecule has 1 aromatic heterocycles. The van der Waals surface area contributed by atoms with Crippen LogP contribution in [-0.2, 0) is 0 Å². The lowest BCUT2D eigenvalue weighted by molar-refractivity contribution is 0.0697. The van der Waals surface area contributed by atoms with E-state index < -0.39 is 5.97 Å². The summed E-state index contributed by atoms with van der Waals surface area (Å²) in [5.74, 6) is -1.09. The van der Waals surface area contributed by atoms with Crippen LogP contribution in [0.1, 0.15) is 21.7 Å². The van der Waals surface area contributed by atoms with Gasteiger partial charge in [0.05, 0.1) is 22.2 Å². The maximum absolute atomic E-state index is 13.2. The predicted molar refractivity (Wildman–Crippen MR) is 110 cm³/mol. The first-order chi connectivity index (χ1) is 14.0. The number of carboxylic acids is 1. The van der Waals surface area contributed by atoms with E-state index >= 15 is 0 Å². The highest BCUT2D eigenvalue weighted by Gasteiger charge is 2.12. The number of carboxylic acid groups (broad SMARTS) is 1. The second kappa shape index (κ2) is 7.52. The number of carbonyl (C=O) groups is 1. The average Bonchev–Trinajstić information content (AvgIpc) is 2.73. The molecule has 0 aliphatic heterocycles. The van der Waals surface area contributed by atoms with Crippen molar-refractivity contribution < 1.29 is 14.3 Å². The standard InChI is InChI=1S/C23H15FN2O3/c24-17-11-8-15(9-12-17)10-13-21-25-20-7-2-1-6-19(20)22(27)26(21)18-5-3-4-16(14-18)23(28)29/h1-14H,(H,28,29). The van der Waals surface area contributed by atoms with Crippen molar-refractivity contribution in [3.05, 3.63) is 106 Å². The second-order valence-corrected chi connectivity index (χ2v) is 6.37. The zero-order valence-corrected chi connectivity index (χ0v) is 15.1. The van der Waals surface area contributed by atoms with Crippen LogP contribution in [0, 0.1) is 5.82 Å². The molecule has 29 heavy (non-hydrogen) atoms. The van der Waals surface area contributed by atoms with Crippen molar-refractivity contribution in [1.29, 1.82) is 0 Å². The second-order valence-electron chi connectivity index (χ2n) is 6.37. The smallest absolute Gasteiger partial charge is 0.335 e. The van der Waals surface area contributed by atoms with Crippen LogP contribution in [0.3, 0.4) is 0 Å². The Kier molecular flexibility index (Phi) is 4.75. The average molecular weight is 386 g/mol. The lowest BCUT2D eigenvalue weighted by Crippen LogP contribution is -2.22. The minimum Gasteiger partial charge on any atom is -0.478 e. The van der Waals surface area contributed by atoms with E-state index in [2.05, 4.69) is 4.98 Å². The van der Waals surface area contributed by atoms with Crippen molar-refractivity contribution in [2.24, 2.45) is 0 Å². The molecular formula is C23H15FN2O3. The molecule has 142 valence electrons. The van der Waals surface area contributed by atoms with Crippen molar-refractivity contribution in [3.63, 3.8) is 0 Å². The van der Waals surface area contributed by atoms with Crippen LogP contribution in [0.4, 0.5) is 4.39 Å². The number of fused-ring (bicyclic) bond motifs is 1. The highest BCUT2D eigenvalue weighted by molar-refractivity contribution is 5.88. The third-order valence-corrected chi connectivity index (χ3v) is 4.45. The molecule has 1 N–H and O–H groups in total. The Hall–Kier alpha value is -4.06. The monoisotopic (exact) mass is 386 g/mol. The van der Waals surface area contributed by atoms with E-state index in [0.717, 1.165) is 5.56 Å². The molecule has 0 unspecified atom stereocenters. The first-order valence-electron chi connectivity index (χ1n) is 8.82. The van der Waals surface area contributed by atoms with Gasteiger partial charge >= 0.3 is 5.97 Å². The Labute approximate surface area is 165 Å². The van der Waals surface area contributed by atoms with E-state index in [0.29, 0.717) is 22.4 Å². The first-order valence-corrected chi connectivity index (χ1v) is 8.82. The van der Waals surface area contributed by atoms with Gasteiger partial charge in [-0.1, -0.05) is 36.4 Å². The molecule has 0 atom stereocenters. The van der Waals surface area contributed by atoms with Crippen LogP contribution >= 0.6 is 0 Å². The molecule has 0 fully saturated rings. The molecule has 5 nitrogen and oxygen atoms in total. The first kappa shape index (κ1) is 18.3. The van der Waals surface area contributed by atoms with Gasteiger partial charge < -0.3 is 5.11 Å². The molecule has 0 radical (unpaired) electrons. The van der Waals surface area contributed by atoms with Crippen molar-refractivity contribution in [1.82, 2.24) is 9.55 Å². The van der Waals surface area contributed by atoms with Crippen molar-refractivity contribution in [3.8, 4) is 5.69 Å². The molecule has 6 heteroatoms. The predicted octanol–water partition coefficient (Wildman–Crippen LogP) is 4.39. The summed E-state index contributed by atoms with van der Waals surface area (Å²) in [5, 5.41) is 9.72. The SMILES string of the molecule is O=C(O)c1cccc(-n2c(C=Cc3ccc(F)cc3)nc3ccccc3c2=O)c1. The zero-order valence-electron chi connectivity index (χ0n) is 15.1. The van der Waals surface area contributed by atoms with Gasteiger partial charge in [0.25, 0.3) is 5.56 Å². The maximum Gasteiger partial charge on any atom is 0.335 e. The van der Waals surface area contributed by atoms with Crippen LogP contribution in [0.15, 0.2) is 77.6 Å². The summed E-state index contributed by atoms with van der Waals surface area (Å²) in [6, 6.07) is 19.0. The molecule has 0 aliphatic rings. The van der Waals surface area contributed by atoms with Gasteiger partial charge in [-0.25, -0.2) is 14.2 Å². The minimum atomic E-state index is -1.09. The van der Waals surface area contributed by atoms with E-state index in [-0.39, 0.29) is 16.9 Å². The van der Waals surface area contributed by atoms with Crippen LogP contribution in [0.2, 0.25) is 0 Å². The zero-order chi connectivity index (χ0) is 20.4. The van der Waals surface area contributed by atoms with Crippen LogP contribution in [0.25, 0.3) is 28.7 Å². The van der Waals surface area contributed by atoms with E-state index in [4.69, 9.17) is 0 Å². The van der Waals surface area contributed by atoms with Gasteiger partial charge in [-0.05, 0) is 54.1 Å². The normalized spacial score (nSPS) is 11.2. The minimum absolute atomic E-state index is 0.0658. The fourth-order valence-electron chi connectivity index (χ4n) is 3.03. The van der Waals surface area contributed by atoms with Gasteiger partial charge in [-0.15, -0.1) is 0 Å². The molecule has 0 bridgehead atoms. The molecule has 0 spiro atoms. The highest BCUT2D eigenvalue weighted by Crippen LogP contribution is 2.17. The molecule has 0 saturated heterocycles. The number of benzene rings is 3.